The van der Waals surface area contributed by atoms with Gasteiger partial charge in [0.1, 0.15) is 0 Å². The van der Waals surface area contributed by atoms with Crippen LogP contribution in [-0.4, -0.2) is 29.6 Å². The number of hydrogen-bond donors (Lipinski definition) is 2. The molecule has 2 aliphatic rings. The van der Waals surface area contributed by atoms with Gasteiger partial charge in [-0.25, -0.2) is 4.98 Å². The predicted molar refractivity (Wildman–Crippen MR) is 79.0 cm³/mol. The molecule has 1 aromatic heterocycles. The van der Waals surface area contributed by atoms with Gasteiger partial charge in [0.2, 0.25) is 5.91 Å². The molecule has 0 aromatic carbocycles. The average Bonchev–Trinajstić information content (AvgIpc) is 3.04. The van der Waals surface area contributed by atoms with Crippen molar-refractivity contribution in [2.75, 3.05) is 11.9 Å². The fourth-order valence-corrected chi connectivity index (χ4v) is 3.92. The summed E-state index contributed by atoms with van der Waals surface area (Å²) in [7, 11) is 0. The van der Waals surface area contributed by atoms with E-state index in [0.29, 0.717) is 6.42 Å². The zero-order chi connectivity index (χ0) is 13.9. The number of rotatable bonds is 4. The molecule has 3 rings (SSSR count). The van der Waals surface area contributed by atoms with Gasteiger partial charge in [0.15, 0.2) is 5.13 Å². The van der Waals surface area contributed by atoms with Gasteiger partial charge in [-0.1, -0.05) is 0 Å². The number of anilines is 1. The summed E-state index contributed by atoms with van der Waals surface area (Å²) in [4.78, 5) is 17.7. The number of nitrogens with one attached hydrogen (secondary N) is 1. The Balaban J connectivity index is 1.51. The first-order chi connectivity index (χ1) is 9.70. The highest BCUT2D eigenvalue weighted by atomic mass is 32.1. The maximum Gasteiger partial charge on any atom is 0.226 e. The van der Waals surface area contributed by atoms with E-state index in [2.05, 4.69) is 10.3 Å². The van der Waals surface area contributed by atoms with Gasteiger partial charge in [-0.15, -0.1) is 11.3 Å². The summed E-state index contributed by atoms with van der Waals surface area (Å²) in [5, 5.41) is 3.63. The van der Waals surface area contributed by atoms with Crippen molar-refractivity contribution in [2.24, 2.45) is 5.73 Å². The first kappa shape index (κ1) is 14.0. The molecule has 0 bridgehead atoms. The van der Waals surface area contributed by atoms with E-state index in [1.807, 2.05) is 0 Å². The highest BCUT2D eigenvalue weighted by molar-refractivity contribution is 7.15. The van der Waals surface area contributed by atoms with Gasteiger partial charge in [-0.2, -0.15) is 0 Å². The van der Waals surface area contributed by atoms with Crippen molar-refractivity contribution in [3.63, 3.8) is 0 Å². The number of nitrogens with zero attached hydrogens (tertiary/aromatic N) is 1. The molecule has 1 aliphatic heterocycles. The second kappa shape index (κ2) is 6.20. The van der Waals surface area contributed by atoms with Crippen LogP contribution in [0.2, 0.25) is 0 Å². The van der Waals surface area contributed by atoms with E-state index in [1.165, 1.54) is 4.88 Å². The normalized spacial score (nSPS) is 25.4. The highest BCUT2D eigenvalue weighted by Gasteiger charge is 2.21. The van der Waals surface area contributed by atoms with Crippen molar-refractivity contribution in [3.05, 3.63) is 10.6 Å². The Hall–Kier alpha value is -0.980. The van der Waals surface area contributed by atoms with Crippen LogP contribution in [0.15, 0.2) is 0 Å². The van der Waals surface area contributed by atoms with Crippen LogP contribution in [0, 0.1) is 0 Å². The van der Waals surface area contributed by atoms with E-state index in [0.717, 1.165) is 56.0 Å². The minimum Gasteiger partial charge on any atom is -0.378 e. The third-order valence-corrected chi connectivity index (χ3v) is 4.98. The van der Waals surface area contributed by atoms with Gasteiger partial charge in [0.05, 0.1) is 11.8 Å². The van der Waals surface area contributed by atoms with Crippen molar-refractivity contribution in [3.8, 4) is 0 Å². The zero-order valence-corrected chi connectivity index (χ0v) is 12.4. The van der Waals surface area contributed by atoms with Gasteiger partial charge >= 0.3 is 0 Å². The second-order valence-corrected chi connectivity index (χ2v) is 6.70. The number of fused-ring (bicyclic) bond motifs is 1. The van der Waals surface area contributed by atoms with E-state index < -0.39 is 0 Å². The van der Waals surface area contributed by atoms with Gasteiger partial charge < -0.3 is 15.8 Å². The van der Waals surface area contributed by atoms with Crippen LogP contribution < -0.4 is 11.1 Å². The van der Waals surface area contributed by atoms with Gasteiger partial charge in [-0.3, -0.25) is 4.79 Å². The van der Waals surface area contributed by atoms with Crippen molar-refractivity contribution >= 4 is 22.4 Å². The SMILES string of the molecule is N[C@H]1CCc2nc(NC(=O)CCC3CCCO3)sc2C1. The molecule has 2 atom stereocenters. The molecule has 1 aliphatic carbocycles. The van der Waals surface area contributed by atoms with Crippen molar-refractivity contribution < 1.29 is 9.53 Å². The van der Waals surface area contributed by atoms with Crippen molar-refractivity contribution in [1.82, 2.24) is 4.98 Å². The molecule has 2 heterocycles. The van der Waals surface area contributed by atoms with Crippen molar-refractivity contribution in [2.45, 2.75) is 57.1 Å². The summed E-state index contributed by atoms with van der Waals surface area (Å²) in [6.45, 7) is 0.839. The van der Waals surface area contributed by atoms with E-state index in [1.54, 1.807) is 11.3 Å². The lowest BCUT2D eigenvalue weighted by Gasteiger charge is -2.15. The number of hydrogen-bond acceptors (Lipinski definition) is 5. The molecule has 1 saturated heterocycles. The van der Waals surface area contributed by atoms with Gasteiger partial charge in [-0.05, 0) is 38.5 Å². The van der Waals surface area contributed by atoms with E-state index >= 15 is 0 Å². The molecule has 5 nitrogen and oxygen atoms in total. The van der Waals surface area contributed by atoms with Crippen LogP contribution in [0.4, 0.5) is 5.13 Å². The van der Waals surface area contributed by atoms with E-state index in [4.69, 9.17) is 10.5 Å². The molecule has 1 fully saturated rings. The summed E-state index contributed by atoms with van der Waals surface area (Å²) < 4.78 is 5.52. The molecule has 110 valence electrons. The maximum atomic E-state index is 11.9. The maximum absolute atomic E-state index is 11.9. The van der Waals surface area contributed by atoms with Gasteiger partial charge in [0, 0.05) is 23.9 Å². The lowest BCUT2D eigenvalue weighted by molar-refractivity contribution is -0.116. The topological polar surface area (TPSA) is 77.2 Å². The molecule has 1 unspecified atom stereocenters. The quantitative estimate of drug-likeness (QED) is 0.889. The van der Waals surface area contributed by atoms with Crippen LogP contribution in [-0.2, 0) is 22.4 Å². The summed E-state index contributed by atoms with van der Waals surface area (Å²) in [5.41, 5.74) is 7.07. The Kier molecular flexibility index (Phi) is 4.33. The van der Waals surface area contributed by atoms with E-state index in [9.17, 15) is 4.79 Å². The molecular weight excluding hydrogens is 274 g/mol. The minimum absolute atomic E-state index is 0.0379. The molecule has 0 saturated carbocycles. The number of amides is 1. The van der Waals surface area contributed by atoms with Crippen LogP contribution >= 0.6 is 11.3 Å². The number of carbonyl (C=O) groups is 1. The Morgan fingerprint density at radius 3 is 3.20 bits per heavy atom. The first-order valence-electron chi connectivity index (χ1n) is 7.36. The highest BCUT2D eigenvalue weighted by Crippen LogP contribution is 2.29. The number of ether oxygens (including phenoxy) is 1. The lowest BCUT2D eigenvalue weighted by Crippen LogP contribution is -2.27. The first-order valence-corrected chi connectivity index (χ1v) is 8.18. The third kappa shape index (κ3) is 3.37. The minimum atomic E-state index is 0.0379. The molecule has 0 radical (unpaired) electrons. The molecular formula is C14H21N3O2S. The zero-order valence-electron chi connectivity index (χ0n) is 11.6. The second-order valence-electron chi connectivity index (χ2n) is 5.61. The standard InChI is InChI=1S/C14H21N3O2S/c15-9-3-5-11-12(8-9)20-14(16-11)17-13(18)6-4-10-2-1-7-19-10/h9-10H,1-8,15H2,(H,16,17,18)/t9-,10?/m0/s1. The Bertz CT molecular complexity index is 483. The third-order valence-electron chi connectivity index (χ3n) is 3.94. The van der Waals surface area contributed by atoms with Crippen LogP contribution in [0.1, 0.15) is 42.7 Å². The Morgan fingerprint density at radius 1 is 1.50 bits per heavy atom. The van der Waals surface area contributed by atoms with Crippen LogP contribution in [0.25, 0.3) is 0 Å². The number of aromatic nitrogens is 1. The number of thiazole rings is 1. The molecule has 0 spiro atoms. The summed E-state index contributed by atoms with van der Waals surface area (Å²) >= 11 is 1.57. The fraction of sp³-hybridized carbons (Fsp3) is 0.714. The molecule has 1 aromatic rings. The molecule has 6 heteroatoms. The smallest absolute Gasteiger partial charge is 0.226 e. The Labute approximate surface area is 122 Å². The summed E-state index contributed by atoms with van der Waals surface area (Å²) in [5.74, 6) is 0.0379. The fourth-order valence-electron chi connectivity index (χ4n) is 2.80. The largest absolute Gasteiger partial charge is 0.378 e. The average molecular weight is 295 g/mol. The molecule has 1 amide bonds. The predicted octanol–water partition coefficient (Wildman–Crippen LogP) is 1.86. The molecule has 20 heavy (non-hydrogen) atoms. The van der Waals surface area contributed by atoms with E-state index in [-0.39, 0.29) is 18.1 Å². The lowest BCUT2D eigenvalue weighted by atomic mass is 9.99. The summed E-state index contributed by atoms with van der Waals surface area (Å²) in [6.07, 6.45) is 6.59. The number of aryl methyl sites for hydroxylation is 1. The van der Waals surface area contributed by atoms with Crippen LogP contribution in [0.3, 0.4) is 0 Å². The van der Waals surface area contributed by atoms with Crippen molar-refractivity contribution in [1.29, 1.82) is 0 Å². The number of nitrogens with two attached hydrogens (primary N) is 1. The Morgan fingerprint density at radius 2 is 2.40 bits per heavy atom. The molecule has 3 N–H and O–H groups in total. The number of carbonyl (C=O) groups excluding carboxylic acids is 1. The summed E-state index contributed by atoms with van der Waals surface area (Å²) in [6, 6.07) is 0.242. The monoisotopic (exact) mass is 295 g/mol. The van der Waals surface area contributed by atoms with Crippen LogP contribution in [0.5, 0.6) is 0 Å². The van der Waals surface area contributed by atoms with Gasteiger partial charge in [0.25, 0.3) is 0 Å².